The van der Waals surface area contributed by atoms with Crippen molar-refractivity contribution in [2.75, 3.05) is 6.54 Å². The van der Waals surface area contributed by atoms with Gasteiger partial charge in [0.1, 0.15) is 11.4 Å². The first-order valence-electron chi connectivity index (χ1n) is 5.92. The molecule has 1 N–H and O–H groups in total. The fourth-order valence-electron chi connectivity index (χ4n) is 1.73. The summed E-state index contributed by atoms with van der Waals surface area (Å²) in [6, 6.07) is 0. The average Bonchev–Trinajstić information content (AvgIpc) is 2.58. The third-order valence-corrected chi connectivity index (χ3v) is 2.65. The van der Waals surface area contributed by atoms with E-state index in [9.17, 15) is 14.9 Å². The fourth-order valence-corrected chi connectivity index (χ4v) is 1.73. The van der Waals surface area contributed by atoms with Crippen LogP contribution >= 0.6 is 0 Å². The van der Waals surface area contributed by atoms with Crippen LogP contribution in [0.2, 0.25) is 0 Å². The number of carbonyl (C=O) groups is 1. The predicted molar refractivity (Wildman–Crippen MR) is 66.3 cm³/mol. The van der Waals surface area contributed by atoms with E-state index in [0.717, 1.165) is 6.42 Å². The van der Waals surface area contributed by atoms with Crippen LogP contribution in [0.15, 0.2) is 0 Å². The minimum atomic E-state index is -0.439. The minimum Gasteiger partial charge on any atom is -0.356 e. The molecule has 0 atom stereocenters. The van der Waals surface area contributed by atoms with E-state index in [-0.39, 0.29) is 18.0 Å². The van der Waals surface area contributed by atoms with E-state index in [1.54, 1.807) is 13.8 Å². The number of rotatable bonds is 6. The maximum Gasteiger partial charge on any atom is 0.312 e. The van der Waals surface area contributed by atoms with Gasteiger partial charge in [-0.25, -0.2) is 0 Å². The monoisotopic (exact) mass is 254 g/mol. The Bertz CT molecular complexity index is 453. The number of aryl methyl sites for hydroxylation is 2. The molecule has 0 aromatic carbocycles. The smallest absolute Gasteiger partial charge is 0.312 e. The second-order valence-electron chi connectivity index (χ2n) is 4.10. The molecule has 1 heterocycles. The van der Waals surface area contributed by atoms with Gasteiger partial charge < -0.3 is 5.32 Å². The first-order chi connectivity index (χ1) is 8.47. The zero-order valence-corrected chi connectivity index (χ0v) is 10.9. The highest BCUT2D eigenvalue weighted by molar-refractivity contribution is 5.75. The van der Waals surface area contributed by atoms with Crippen LogP contribution in [-0.4, -0.2) is 27.2 Å². The zero-order valence-electron chi connectivity index (χ0n) is 10.9. The van der Waals surface area contributed by atoms with Crippen molar-refractivity contribution < 1.29 is 9.72 Å². The Morgan fingerprint density at radius 3 is 2.67 bits per heavy atom. The number of nitrogens with one attached hydrogen (secondary N) is 1. The molecule has 1 aromatic rings. The van der Waals surface area contributed by atoms with Crippen LogP contribution in [0.3, 0.4) is 0 Å². The summed E-state index contributed by atoms with van der Waals surface area (Å²) >= 11 is 0. The van der Waals surface area contributed by atoms with Gasteiger partial charge in [-0.15, -0.1) is 0 Å². The van der Waals surface area contributed by atoms with Crippen molar-refractivity contribution in [2.24, 2.45) is 0 Å². The van der Waals surface area contributed by atoms with Crippen LogP contribution < -0.4 is 5.32 Å². The lowest BCUT2D eigenvalue weighted by atomic mass is 10.3. The Morgan fingerprint density at radius 1 is 1.50 bits per heavy atom. The molecule has 0 unspecified atom stereocenters. The third-order valence-electron chi connectivity index (χ3n) is 2.65. The van der Waals surface area contributed by atoms with Crippen molar-refractivity contribution in [1.29, 1.82) is 0 Å². The molecule has 0 bridgehead atoms. The second-order valence-corrected chi connectivity index (χ2v) is 4.10. The van der Waals surface area contributed by atoms with Crippen LogP contribution in [0.1, 0.15) is 31.2 Å². The Labute approximate surface area is 105 Å². The normalized spacial score (nSPS) is 10.4. The summed E-state index contributed by atoms with van der Waals surface area (Å²) in [7, 11) is 0. The summed E-state index contributed by atoms with van der Waals surface area (Å²) in [6.45, 7) is 6.22. The molecule has 0 saturated heterocycles. The van der Waals surface area contributed by atoms with Crippen LogP contribution in [-0.2, 0) is 11.3 Å². The van der Waals surface area contributed by atoms with Crippen LogP contribution in [0.4, 0.5) is 5.69 Å². The average molecular weight is 254 g/mol. The van der Waals surface area contributed by atoms with Gasteiger partial charge in [-0.1, -0.05) is 6.92 Å². The number of carbonyl (C=O) groups excluding carboxylic acids is 1. The van der Waals surface area contributed by atoms with Gasteiger partial charge in [-0.3, -0.25) is 19.6 Å². The number of hydrogen-bond acceptors (Lipinski definition) is 4. The SMILES string of the molecule is CCCNC(=O)CCn1nc(C)c([N+](=O)[O-])c1C. The Morgan fingerprint density at radius 2 is 2.17 bits per heavy atom. The van der Waals surface area contributed by atoms with Crippen molar-refractivity contribution >= 4 is 11.6 Å². The first-order valence-corrected chi connectivity index (χ1v) is 5.92. The van der Waals surface area contributed by atoms with Gasteiger partial charge in [-0.05, 0) is 20.3 Å². The van der Waals surface area contributed by atoms with Crippen molar-refractivity contribution in [1.82, 2.24) is 15.1 Å². The highest BCUT2D eigenvalue weighted by Crippen LogP contribution is 2.21. The van der Waals surface area contributed by atoms with Gasteiger partial charge in [0, 0.05) is 13.0 Å². The number of nitro groups is 1. The maximum absolute atomic E-state index is 11.4. The summed E-state index contributed by atoms with van der Waals surface area (Å²) in [5.41, 5.74) is 0.899. The molecule has 0 aliphatic carbocycles. The largest absolute Gasteiger partial charge is 0.356 e. The van der Waals surface area contributed by atoms with Crippen molar-refractivity contribution in [3.05, 3.63) is 21.5 Å². The van der Waals surface area contributed by atoms with Gasteiger partial charge in [0.2, 0.25) is 5.91 Å². The van der Waals surface area contributed by atoms with Gasteiger partial charge >= 0.3 is 5.69 Å². The van der Waals surface area contributed by atoms with E-state index in [2.05, 4.69) is 10.4 Å². The minimum absolute atomic E-state index is 0.0315. The highest BCUT2D eigenvalue weighted by Gasteiger charge is 2.21. The first kappa shape index (κ1) is 14.1. The number of amides is 1. The Kier molecular flexibility index (Phi) is 4.82. The summed E-state index contributed by atoms with van der Waals surface area (Å²) in [4.78, 5) is 21.8. The van der Waals surface area contributed by atoms with Crippen LogP contribution in [0.25, 0.3) is 0 Å². The summed E-state index contributed by atoms with van der Waals surface area (Å²) in [6.07, 6.45) is 1.16. The molecule has 0 aliphatic heterocycles. The molecule has 0 saturated carbocycles. The molecule has 0 radical (unpaired) electrons. The number of aromatic nitrogens is 2. The molecule has 0 fully saturated rings. The van der Waals surface area contributed by atoms with Crippen molar-refractivity contribution in [3.63, 3.8) is 0 Å². The molecule has 0 spiro atoms. The standard InChI is InChI=1S/C11H18N4O3/c1-4-6-12-10(16)5-7-14-9(3)11(15(17)18)8(2)13-14/h4-7H2,1-3H3,(H,12,16). The Balaban J connectivity index is 2.66. The quantitative estimate of drug-likeness (QED) is 0.612. The molecule has 7 nitrogen and oxygen atoms in total. The predicted octanol–water partition coefficient (Wildman–Crippen LogP) is 1.32. The van der Waals surface area contributed by atoms with Crippen molar-refractivity contribution in [2.45, 2.75) is 40.2 Å². The topological polar surface area (TPSA) is 90.1 Å². The van der Waals surface area contributed by atoms with Gasteiger partial charge in [0.25, 0.3) is 0 Å². The van der Waals surface area contributed by atoms with E-state index < -0.39 is 4.92 Å². The third kappa shape index (κ3) is 3.28. The van der Waals surface area contributed by atoms with E-state index in [1.165, 1.54) is 4.68 Å². The van der Waals surface area contributed by atoms with Crippen molar-refractivity contribution in [3.8, 4) is 0 Å². The Hall–Kier alpha value is -1.92. The molecular weight excluding hydrogens is 236 g/mol. The lowest BCUT2D eigenvalue weighted by Gasteiger charge is -2.04. The second kappa shape index (κ2) is 6.13. The van der Waals surface area contributed by atoms with E-state index in [1.807, 2.05) is 6.92 Å². The molecule has 18 heavy (non-hydrogen) atoms. The lowest BCUT2D eigenvalue weighted by molar-refractivity contribution is -0.386. The molecule has 7 heteroatoms. The lowest BCUT2D eigenvalue weighted by Crippen LogP contribution is -2.25. The van der Waals surface area contributed by atoms with Crippen LogP contribution in [0.5, 0.6) is 0 Å². The molecule has 100 valence electrons. The maximum atomic E-state index is 11.4. The molecular formula is C11H18N4O3. The van der Waals surface area contributed by atoms with E-state index >= 15 is 0 Å². The van der Waals surface area contributed by atoms with Gasteiger partial charge in [0.05, 0.1) is 11.5 Å². The zero-order chi connectivity index (χ0) is 13.7. The molecule has 1 aromatic heterocycles. The van der Waals surface area contributed by atoms with E-state index in [0.29, 0.717) is 24.5 Å². The molecule has 0 aliphatic rings. The summed E-state index contributed by atoms with van der Waals surface area (Å²) < 4.78 is 1.51. The van der Waals surface area contributed by atoms with E-state index in [4.69, 9.17) is 0 Å². The number of nitrogens with zero attached hydrogens (tertiary/aromatic N) is 3. The summed E-state index contributed by atoms with van der Waals surface area (Å²) in [5, 5.41) is 17.6. The van der Waals surface area contributed by atoms with Gasteiger partial charge in [-0.2, -0.15) is 5.10 Å². The highest BCUT2D eigenvalue weighted by atomic mass is 16.6. The molecule has 1 rings (SSSR count). The van der Waals surface area contributed by atoms with Gasteiger partial charge in [0.15, 0.2) is 0 Å². The summed E-state index contributed by atoms with van der Waals surface area (Å²) in [5.74, 6) is -0.0629. The molecule has 1 amide bonds. The fraction of sp³-hybridized carbons (Fsp3) is 0.636. The van der Waals surface area contributed by atoms with Crippen LogP contribution in [0, 0.1) is 24.0 Å². The number of hydrogen-bond donors (Lipinski definition) is 1.